The van der Waals surface area contributed by atoms with Gasteiger partial charge in [0.25, 0.3) is 0 Å². The molecule has 1 aromatic heterocycles. The fourth-order valence-electron chi connectivity index (χ4n) is 3.69. The molecule has 2 heterocycles. The SMILES string of the molecule is O=c1c(-c2ccc(O)cc2)coc2c([C@@H]3O[C@H]([C@@H](O)CO)[C@H](O)[C@H]3O)c(O)ccc12. The van der Waals surface area contributed by atoms with E-state index in [0.717, 1.165) is 0 Å². The molecule has 30 heavy (non-hydrogen) atoms. The molecule has 1 fully saturated rings. The minimum absolute atomic E-state index is 0.0432. The zero-order valence-corrected chi connectivity index (χ0v) is 15.5. The Labute approximate surface area is 169 Å². The van der Waals surface area contributed by atoms with Crippen LogP contribution >= 0.6 is 0 Å². The third kappa shape index (κ3) is 3.22. The molecule has 1 aliphatic rings. The standard InChI is InChI=1S/C21H20O9/c22-7-14(25)20-17(27)18(28)21(30-20)15-13(24)6-5-11-16(26)12(8-29-19(11)15)9-1-3-10(23)4-2-9/h1-6,8,14,17-18,20-25,27-28H,7H2/t14-,17+,18+,20+,21-/m0/s1. The lowest BCUT2D eigenvalue weighted by atomic mass is 9.96. The van der Waals surface area contributed by atoms with Crippen LogP contribution < -0.4 is 5.43 Å². The topological polar surface area (TPSA) is 161 Å². The molecule has 0 unspecified atom stereocenters. The molecule has 0 aliphatic carbocycles. The summed E-state index contributed by atoms with van der Waals surface area (Å²) in [6, 6.07) is 8.57. The number of benzene rings is 2. The third-order valence-electron chi connectivity index (χ3n) is 5.29. The molecule has 0 saturated carbocycles. The molecule has 0 spiro atoms. The normalized spacial score (nSPS) is 24.9. The van der Waals surface area contributed by atoms with Crippen molar-refractivity contribution in [2.24, 2.45) is 0 Å². The molecule has 0 radical (unpaired) electrons. The number of ether oxygens (including phenoxy) is 1. The van der Waals surface area contributed by atoms with Gasteiger partial charge in [-0.3, -0.25) is 4.79 Å². The number of phenols is 2. The Morgan fingerprint density at radius 2 is 1.70 bits per heavy atom. The number of fused-ring (bicyclic) bond motifs is 1. The average Bonchev–Trinajstić information content (AvgIpc) is 3.03. The summed E-state index contributed by atoms with van der Waals surface area (Å²) in [6.45, 7) is -0.701. The fourth-order valence-corrected chi connectivity index (χ4v) is 3.69. The summed E-state index contributed by atoms with van der Waals surface area (Å²) in [5.74, 6) is -0.292. The summed E-state index contributed by atoms with van der Waals surface area (Å²) in [7, 11) is 0. The number of rotatable bonds is 4. The van der Waals surface area contributed by atoms with Crippen molar-refractivity contribution < 1.29 is 39.8 Å². The lowest BCUT2D eigenvalue weighted by Crippen LogP contribution is -2.40. The third-order valence-corrected chi connectivity index (χ3v) is 5.29. The lowest BCUT2D eigenvalue weighted by Gasteiger charge is -2.19. The van der Waals surface area contributed by atoms with Crippen LogP contribution in [0.1, 0.15) is 11.7 Å². The van der Waals surface area contributed by atoms with E-state index in [-0.39, 0.29) is 33.6 Å². The van der Waals surface area contributed by atoms with Crippen molar-refractivity contribution in [1.82, 2.24) is 0 Å². The van der Waals surface area contributed by atoms with Gasteiger partial charge in [-0.1, -0.05) is 12.1 Å². The van der Waals surface area contributed by atoms with E-state index in [0.29, 0.717) is 5.56 Å². The average molecular weight is 416 g/mol. The molecule has 9 nitrogen and oxygen atoms in total. The minimum atomic E-state index is -1.55. The second kappa shape index (κ2) is 7.71. The molecule has 1 aliphatic heterocycles. The van der Waals surface area contributed by atoms with Crippen LogP contribution in [-0.4, -0.2) is 61.7 Å². The van der Waals surface area contributed by atoms with Gasteiger partial charge in [-0.05, 0) is 29.8 Å². The number of aliphatic hydroxyl groups excluding tert-OH is 4. The van der Waals surface area contributed by atoms with E-state index in [1.165, 1.54) is 30.5 Å². The number of hydrogen-bond acceptors (Lipinski definition) is 9. The highest BCUT2D eigenvalue weighted by Gasteiger charge is 2.48. The summed E-state index contributed by atoms with van der Waals surface area (Å²) in [4.78, 5) is 13.0. The maximum atomic E-state index is 13.0. The Bertz CT molecular complexity index is 1120. The Hall–Kier alpha value is -2.95. The second-order valence-electron chi connectivity index (χ2n) is 7.15. The zero-order valence-electron chi connectivity index (χ0n) is 15.5. The van der Waals surface area contributed by atoms with E-state index in [1.807, 2.05) is 0 Å². The first-order valence-corrected chi connectivity index (χ1v) is 9.20. The first-order valence-electron chi connectivity index (χ1n) is 9.20. The van der Waals surface area contributed by atoms with E-state index >= 15 is 0 Å². The molecule has 0 bridgehead atoms. The zero-order chi connectivity index (χ0) is 21.6. The van der Waals surface area contributed by atoms with Crippen molar-refractivity contribution in [2.75, 3.05) is 6.61 Å². The van der Waals surface area contributed by atoms with Crippen molar-refractivity contribution >= 4 is 11.0 Å². The highest BCUT2D eigenvalue weighted by molar-refractivity contribution is 5.86. The van der Waals surface area contributed by atoms with Gasteiger partial charge in [0.15, 0.2) is 0 Å². The van der Waals surface area contributed by atoms with Crippen LogP contribution in [0.4, 0.5) is 0 Å². The smallest absolute Gasteiger partial charge is 0.200 e. The van der Waals surface area contributed by atoms with Gasteiger partial charge in [-0.15, -0.1) is 0 Å². The molecular formula is C21H20O9. The molecule has 158 valence electrons. The Balaban J connectivity index is 1.84. The molecule has 5 atom stereocenters. The van der Waals surface area contributed by atoms with Gasteiger partial charge >= 0.3 is 0 Å². The van der Waals surface area contributed by atoms with E-state index in [1.54, 1.807) is 12.1 Å². The number of phenolic OH excluding ortho intramolecular Hbond substituents is 2. The van der Waals surface area contributed by atoms with Crippen LogP contribution in [0.3, 0.4) is 0 Å². The van der Waals surface area contributed by atoms with Crippen LogP contribution in [0, 0.1) is 0 Å². The maximum Gasteiger partial charge on any atom is 0.200 e. The molecule has 3 aromatic rings. The second-order valence-corrected chi connectivity index (χ2v) is 7.15. The van der Waals surface area contributed by atoms with E-state index < -0.39 is 42.6 Å². The first-order chi connectivity index (χ1) is 14.3. The van der Waals surface area contributed by atoms with Crippen LogP contribution in [0.5, 0.6) is 11.5 Å². The minimum Gasteiger partial charge on any atom is -0.508 e. The lowest BCUT2D eigenvalue weighted by molar-refractivity contribution is -0.0822. The molecule has 6 N–H and O–H groups in total. The van der Waals surface area contributed by atoms with Gasteiger partial charge in [0.2, 0.25) is 5.43 Å². The van der Waals surface area contributed by atoms with E-state index in [2.05, 4.69) is 0 Å². The molecule has 1 saturated heterocycles. The van der Waals surface area contributed by atoms with Gasteiger partial charge in [0, 0.05) is 0 Å². The van der Waals surface area contributed by atoms with Gasteiger partial charge in [0.1, 0.15) is 53.9 Å². The van der Waals surface area contributed by atoms with Crippen molar-refractivity contribution in [3.8, 4) is 22.6 Å². The number of aromatic hydroxyl groups is 2. The first kappa shape index (κ1) is 20.3. The van der Waals surface area contributed by atoms with Crippen molar-refractivity contribution in [3.05, 3.63) is 58.4 Å². The summed E-state index contributed by atoms with van der Waals surface area (Å²) in [5.41, 5.74) is 0.222. The van der Waals surface area contributed by atoms with Gasteiger partial charge in [0.05, 0.1) is 23.1 Å². The van der Waals surface area contributed by atoms with Crippen LogP contribution in [0.2, 0.25) is 0 Å². The molecule has 2 aromatic carbocycles. The predicted octanol–water partition coefficient (Wildman–Crippen LogP) is 0.386. The number of aliphatic hydroxyl groups is 4. The summed E-state index contributed by atoms with van der Waals surface area (Å²) < 4.78 is 11.2. The van der Waals surface area contributed by atoms with Gasteiger partial charge in [-0.2, -0.15) is 0 Å². The Morgan fingerprint density at radius 1 is 1.00 bits per heavy atom. The van der Waals surface area contributed by atoms with E-state index in [4.69, 9.17) is 14.3 Å². The fraction of sp³-hybridized carbons (Fsp3) is 0.286. The van der Waals surface area contributed by atoms with Gasteiger partial charge < -0.3 is 39.8 Å². The van der Waals surface area contributed by atoms with Crippen LogP contribution in [-0.2, 0) is 4.74 Å². The summed E-state index contributed by atoms with van der Waals surface area (Å²) >= 11 is 0. The highest BCUT2D eigenvalue weighted by Crippen LogP contribution is 2.42. The number of hydrogen-bond donors (Lipinski definition) is 6. The van der Waals surface area contributed by atoms with Crippen molar-refractivity contribution in [2.45, 2.75) is 30.5 Å². The monoisotopic (exact) mass is 416 g/mol. The molecule has 9 heteroatoms. The summed E-state index contributed by atoms with van der Waals surface area (Å²) in [6.07, 6.45) is -5.95. The molecule has 4 rings (SSSR count). The predicted molar refractivity (Wildman–Crippen MR) is 104 cm³/mol. The van der Waals surface area contributed by atoms with Crippen LogP contribution in [0.15, 0.2) is 51.9 Å². The molecule has 0 amide bonds. The highest BCUT2D eigenvalue weighted by atomic mass is 16.6. The van der Waals surface area contributed by atoms with Gasteiger partial charge in [-0.25, -0.2) is 0 Å². The van der Waals surface area contributed by atoms with Crippen molar-refractivity contribution in [1.29, 1.82) is 0 Å². The largest absolute Gasteiger partial charge is 0.508 e. The van der Waals surface area contributed by atoms with Crippen LogP contribution in [0.25, 0.3) is 22.1 Å². The Kier molecular flexibility index (Phi) is 5.22. The maximum absolute atomic E-state index is 13.0. The van der Waals surface area contributed by atoms with Crippen molar-refractivity contribution in [3.63, 3.8) is 0 Å². The Morgan fingerprint density at radius 3 is 2.37 bits per heavy atom. The summed E-state index contributed by atoms with van der Waals surface area (Å²) in [5, 5.41) is 59.5. The quantitative estimate of drug-likeness (QED) is 0.353. The molecular weight excluding hydrogens is 396 g/mol. The van der Waals surface area contributed by atoms with E-state index in [9.17, 15) is 30.3 Å².